The summed E-state index contributed by atoms with van der Waals surface area (Å²) < 4.78 is 6.37. The van der Waals surface area contributed by atoms with Crippen molar-refractivity contribution in [3.05, 3.63) is 137 Å². The van der Waals surface area contributed by atoms with Gasteiger partial charge in [0.15, 0.2) is 5.82 Å². The number of allylic oxidation sites excluding steroid dienone is 6. The van der Waals surface area contributed by atoms with Crippen molar-refractivity contribution in [3.8, 4) is 40.1 Å². The maximum Gasteiger partial charge on any atom is 0.160 e. The third kappa shape index (κ3) is 4.54. The van der Waals surface area contributed by atoms with Gasteiger partial charge in [-0.15, -0.1) is 0 Å². The fourth-order valence-electron chi connectivity index (χ4n) is 6.28. The first-order chi connectivity index (χ1) is 21.0. The van der Waals surface area contributed by atoms with E-state index in [1.165, 1.54) is 5.57 Å². The van der Waals surface area contributed by atoms with Crippen LogP contribution in [-0.2, 0) is 5.41 Å². The van der Waals surface area contributed by atoms with Crippen molar-refractivity contribution in [2.45, 2.75) is 39.0 Å². The largest absolute Gasteiger partial charge is 0.455 e. The molecule has 4 aromatic carbocycles. The molecule has 0 radical (unpaired) electrons. The van der Waals surface area contributed by atoms with Crippen LogP contribution in [0.2, 0.25) is 0 Å². The van der Waals surface area contributed by atoms with E-state index < -0.39 is 0 Å². The minimum atomic E-state index is -0.353. The highest BCUT2D eigenvalue weighted by molar-refractivity contribution is 5.94. The predicted octanol–water partition coefficient (Wildman–Crippen LogP) is 9.95. The lowest BCUT2D eigenvalue weighted by Gasteiger charge is -2.36. The molecule has 0 unspecified atom stereocenters. The van der Waals surface area contributed by atoms with E-state index in [0.29, 0.717) is 17.1 Å². The Balaban J connectivity index is 1.32. The molecular formula is C39H31N3O. The van der Waals surface area contributed by atoms with E-state index in [2.05, 4.69) is 93.6 Å². The van der Waals surface area contributed by atoms with Crippen LogP contribution >= 0.6 is 0 Å². The Labute approximate surface area is 252 Å². The van der Waals surface area contributed by atoms with Crippen LogP contribution in [0.5, 0.6) is 11.5 Å². The second-order valence-electron chi connectivity index (χ2n) is 11.6. The monoisotopic (exact) mass is 557 g/mol. The molecule has 1 aromatic heterocycles. The molecule has 7 rings (SSSR count). The van der Waals surface area contributed by atoms with Crippen molar-refractivity contribution >= 4 is 16.5 Å². The summed E-state index contributed by atoms with van der Waals surface area (Å²) in [4.78, 5) is 10.1. The van der Waals surface area contributed by atoms with Gasteiger partial charge in [0, 0.05) is 27.5 Å². The van der Waals surface area contributed by atoms with Crippen LogP contribution in [0, 0.1) is 11.3 Å². The van der Waals surface area contributed by atoms with Gasteiger partial charge in [0.2, 0.25) is 0 Å². The first-order valence-electron chi connectivity index (χ1n) is 14.8. The van der Waals surface area contributed by atoms with Gasteiger partial charge in [-0.05, 0) is 47.7 Å². The van der Waals surface area contributed by atoms with Crippen LogP contribution in [0.15, 0.2) is 115 Å². The summed E-state index contributed by atoms with van der Waals surface area (Å²) in [5.41, 5.74) is 9.76. The van der Waals surface area contributed by atoms with E-state index in [1.54, 1.807) is 0 Å². The minimum Gasteiger partial charge on any atom is -0.455 e. The van der Waals surface area contributed by atoms with Crippen molar-refractivity contribution < 1.29 is 4.74 Å². The molecule has 0 bridgehead atoms. The topological polar surface area (TPSA) is 58.8 Å². The number of rotatable bonds is 4. The van der Waals surface area contributed by atoms with E-state index in [1.807, 2.05) is 42.5 Å². The van der Waals surface area contributed by atoms with E-state index in [4.69, 9.17) is 14.7 Å². The van der Waals surface area contributed by atoms with E-state index in [9.17, 15) is 5.26 Å². The normalized spacial score (nSPS) is 14.9. The summed E-state index contributed by atoms with van der Waals surface area (Å²) in [6.07, 6.45) is 10.7. The number of para-hydroxylation sites is 2. The van der Waals surface area contributed by atoms with Crippen LogP contribution in [0.25, 0.3) is 39.0 Å². The van der Waals surface area contributed by atoms with Gasteiger partial charge >= 0.3 is 0 Å². The minimum absolute atomic E-state index is 0.353. The standard InChI is InChI=1S/C39H31N3O/c1-4-25-10-9-11-27(17-16-25)36-31-12-5-7-14-33(31)41-38(42-36)28-20-18-26(19-21-28)30-23-22-29(24-40)37-35(30)39(2,3)32-13-6-8-15-34(32)43-37/h5-15,17-23H,4,16H2,1-3H3. The first kappa shape index (κ1) is 26.6. The summed E-state index contributed by atoms with van der Waals surface area (Å²) in [7, 11) is 0. The zero-order valence-electron chi connectivity index (χ0n) is 24.6. The lowest BCUT2D eigenvalue weighted by molar-refractivity contribution is 0.417. The van der Waals surface area contributed by atoms with Gasteiger partial charge in [0.1, 0.15) is 17.6 Å². The molecule has 5 aromatic rings. The molecule has 2 heterocycles. The number of nitrogens with zero attached hydrogens (tertiary/aromatic N) is 3. The Morgan fingerprint density at radius 1 is 0.884 bits per heavy atom. The molecule has 0 saturated carbocycles. The number of aromatic nitrogens is 2. The quantitative estimate of drug-likeness (QED) is 0.221. The highest BCUT2D eigenvalue weighted by Crippen LogP contribution is 2.52. The van der Waals surface area contributed by atoms with E-state index in [-0.39, 0.29) is 5.41 Å². The molecule has 1 aliphatic carbocycles. The number of hydrogen-bond acceptors (Lipinski definition) is 4. The number of benzene rings is 4. The highest BCUT2D eigenvalue weighted by Gasteiger charge is 2.37. The van der Waals surface area contributed by atoms with Crippen LogP contribution in [-0.4, -0.2) is 9.97 Å². The van der Waals surface area contributed by atoms with Crippen molar-refractivity contribution in [1.82, 2.24) is 9.97 Å². The molecule has 0 saturated heterocycles. The van der Waals surface area contributed by atoms with Crippen LogP contribution in [0.1, 0.15) is 56.0 Å². The number of nitriles is 1. The lowest BCUT2D eigenvalue weighted by atomic mass is 9.72. The third-order valence-corrected chi connectivity index (χ3v) is 8.65. The molecule has 0 atom stereocenters. The molecule has 0 spiro atoms. The molecule has 4 heteroatoms. The number of ether oxygens (including phenoxy) is 1. The van der Waals surface area contributed by atoms with Gasteiger partial charge in [0.05, 0.1) is 16.8 Å². The molecule has 0 N–H and O–H groups in total. The van der Waals surface area contributed by atoms with Gasteiger partial charge in [-0.1, -0.05) is 117 Å². The molecule has 208 valence electrons. The maximum absolute atomic E-state index is 9.91. The molecule has 4 nitrogen and oxygen atoms in total. The van der Waals surface area contributed by atoms with Crippen LogP contribution in [0.3, 0.4) is 0 Å². The van der Waals surface area contributed by atoms with Crippen LogP contribution < -0.4 is 4.74 Å². The summed E-state index contributed by atoms with van der Waals surface area (Å²) in [6.45, 7) is 6.60. The Morgan fingerprint density at radius 2 is 1.65 bits per heavy atom. The number of fused-ring (bicyclic) bond motifs is 3. The molecule has 0 amide bonds. The van der Waals surface area contributed by atoms with E-state index >= 15 is 0 Å². The van der Waals surface area contributed by atoms with Gasteiger partial charge in [-0.25, -0.2) is 9.97 Å². The summed E-state index contributed by atoms with van der Waals surface area (Å²) in [5.74, 6) is 2.14. The lowest BCUT2D eigenvalue weighted by Crippen LogP contribution is -2.25. The van der Waals surface area contributed by atoms with Gasteiger partial charge in [-0.3, -0.25) is 0 Å². The van der Waals surface area contributed by atoms with Gasteiger partial charge in [0.25, 0.3) is 0 Å². The maximum atomic E-state index is 9.91. The van der Waals surface area contributed by atoms with Gasteiger partial charge < -0.3 is 4.74 Å². The predicted molar refractivity (Wildman–Crippen MR) is 174 cm³/mol. The Bertz CT molecular complexity index is 2040. The average Bonchev–Trinajstić information content (AvgIpc) is 3.30. The Hall–Kier alpha value is -5.27. The van der Waals surface area contributed by atoms with Gasteiger partial charge in [-0.2, -0.15) is 5.26 Å². The number of hydrogen-bond donors (Lipinski definition) is 0. The summed E-state index contributed by atoms with van der Waals surface area (Å²) in [5, 5.41) is 11.0. The summed E-state index contributed by atoms with van der Waals surface area (Å²) >= 11 is 0. The third-order valence-electron chi connectivity index (χ3n) is 8.65. The van der Waals surface area contributed by atoms with Crippen molar-refractivity contribution in [3.63, 3.8) is 0 Å². The highest BCUT2D eigenvalue weighted by atomic mass is 16.5. The molecule has 0 fully saturated rings. The molecule has 1 aliphatic heterocycles. The van der Waals surface area contributed by atoms with E-state index in [0.717, 1.165) is 68.6 Å². The fourth-order valence-corrected chi connectivity index (χ4v) is 6.28. The second kappa shape index (κ2) is 10.5. The first-order valence-corrected chi connectivity index (χ1v) is 14.8. The molecular weight excluding hydrogens is 526 g/mol. The zero-order valence-corrected chi connectivity index (χ0v) is 24.6. The van der Waals surface area contributed by atoms with Crippen LogP contribution in [0.4, 0.5) is 0 Å². The summed E-state index contributed by atoms with van der Waals surface area (Å²) in [6, 6.07) is 31.0. The second-order valence-corrected chi connectivity index (χ2v) is 11.6. The molecule has 43 heavy (non-hydrogen) atoms. The fraction of sp³-hybridized carbons (Fsp3) is 0.154. The average molecular weight is 558 g/mol. The van der Waals surface area contributed by atoms with Crippen molar-refractivity contribution in [2.75, 3.05) is 0 Å². The Morgan fingerprint density at radius 3 is 2.47 bits per heavy atom. The van der Waals surface area contributed by atoms with Crippen molar-refractivity contribution in [2.24, 2.45) is 0 Å². The SMILES string of the molecule is CCC1=CC=CC(c2nc(-c3ccc(-c4ccc(C#N)c5c4C(C)(C)c4ccccc4O5)cc3)nc3ccccc23)=CC1. The zero-order chi connectivity index (χ0) is 29.6. The molecule has 2 aliphatic rings. The van der Waals surface area contributed by atoms with Crippen molar-refractivity contribution in [1.29, 1.82) is 5.26 Å². The Kier molecular flexibility index (Phi) is 6.52. The smallest absolute Gasteiger partial charge is 0.160 e.